The van der Waals surface area contributed by atoms with E-state index in [-0.39, 0.29) is 23.3 Å². The molecular formula is C10H17N3O4S2. The van der Waals surface area contributed by atoms with Gasteiger partial charge in [-0.15, -0.1) is 0 Å². The Morgan fingerprint density at radius 3 is 2.53 bits per heavy atom. The van der Waals surface area contributed by atoms with Crippen molar-refractivity contribution in [2.45, 2.75) is 31.6 Å². The molecule has 0 bridgehead atoms. The summed E-state index contributed by atoms with van der Waals surface area (Å²) in [5, 5.41) is 9.28. The maximum atomic E-state index is 11.4. The third-order valence-corrected chi connectivity index (χ3v) is 5.70. The number of rotatable bonds is 3. The van der Waals surface area contributed by atoms with E-state index in [1.165, 1.54) is 0 Å². The number of nitrogens with two attached hydrogens (primary N) is 1. The van der Waals surface area contributed by atoms with Crippen molar-refractivity contribution < 1.29 is 16.8 Å². The van der Waals surface area contributed by atoms with Crippen LogP contribution in [0.2, 0.25) is 0 Å². The summed E-state index contributed by atoms with van der Waals surface area (Å²) in [5.41, 5.74) is 1.18. The Balaban J connectivity index is 2.17. The Bertz CT molecular complexity index is 662. The lowest BCUT2D eigenvalue weighted by Gasteiger charge is -2.22. The summed E-state index contributed by atoms with van der Waals surface area (Å²) in [6.45, 7) is 1.72. The Morgan fingerprint density at radius 1 is 1.42 bits per heavy atom. The predicted octanol–water partition coefficient (Wildman–Crippen LogP) is -0.270. The van der Waals surface area contributed by atoms with E-state index >= 15 is 0 Å². The quantitative estimate of drug-likeness (QED) is 0.826. The van der Waals surface area contributed by atoms with Crippen LogP contribution < -0.4 is 5.14 Å². The van der Waals surface area contributed by atoms with Gasteiger partial charge in [-0.3, -0.25) is 4.68 Å². The number of aromatic nitrogens is 2. The minimum absolute atomic E-state index is 0.0106. The van der Waals surface area contributed by atoms with E-state index in [2.05, 4.69) is 5.10 Å². The molecule has 2 N–H and O–H groups in total. The van der Waals surface area contributed by atoms with Crippen molar-refractivity contribution in [3.63, 3.8) is 0 Å². The zero-order chi connectivity index (χ0) is 14.3. The van der Waals surface area contributed by atoms with Crippen LogP contribution in [0, 0.1) is 6.92 Å². The second kappa shape index (κ2) is 4.88. The highest BCUT2D eigenvalue weighted by Gasteiger charge is 2.26. The van der Waals surface area contributed by atoms with Gasteiger partial charge in [0.05, 0.1) is 29.0 Å². The zero-order valence-corrected chi connectivity index (χ0v) is 12.2. The Hall–Kier alpha value is -0.930. The van der Waals surface area contributed by atoms with Crippen LogP contribution >= 0.6 is 0 Å². The molecule has 19 heavy (non-hydrogen) atoms. The van der Waals surface area contributed by atoms with Crippen molar-refractivity contribution >= 4 is 19.9 Å². The van der Waals surface area contributed by atoms with Crippen LogP contribution in [0.15, 0.2) is 6.20 Å². The molecule has 0 atom stereocenters. The minimum Gasteiger partial charge on any atom is -0.269 e. The predicted molar refractivity (Wildman–Crippen MR) is 70.7 cm³/mol. The molecule has 0 aliphatic carbocycles. The first-order valence-corrected chi connectivity index (χ1v) is 9.45. The first kappa shape index (κ1) is 14.5. The molecule has 2 heterocycles. The number of aryl methyl sites for hydroxylation is 1. The fourth-order valence-corrected chi connectivity index (χ4v) is 4.39. The van der Waals surface area contributed by atoms with Crippen LogP contribution in [0.1, 0.15) is 30.1 Å². The van der Waals surface area contributed by atoms with Crippen LogP contribution in [-0.2, 0) is 25.6 Å². The molecule has 0 unspecified atom stereocenters. The number of sulfonamides is 1. The third kappa shape index (κ3) is 3.77. The molecule has 1 saturated heterocycles. The standard InChI is InChI=1S/C10H17N3O4S2/c1-8-9(7-19(11,16)17)6-13(12-8)10-2-4-18(14,15)5-3-10/h6,10H,2-5,7H2,1H3,(H2,11,16,17). The fourth-order valence-electron chi connectivity index (χ4n) is 2.21. The van der Waals surface area contributed by atoms with Gasteiger partial charge in [-0.25, -0.2) is 22.0 Å². The molecule has 1 aromatic rings. The molecule has 9 heteroatoms. The van der Waals surface area contributed by atoms with Crippen LogP contribution in [0.5, 0.6) is 0 Å². The second-order valence-electron chi connectivity index (χ2n) is 4.91. The molecule has 108 valence electrons. The number of hydrogen-bond acceptors (Lipinski definition) is 5. The maximum absolute atomic E-state index is 11.4. The van der Waals surface area contributed by atoms with Crippen molar-refractivity contribution in [3.8, 4) is 0 Å². The third-order valence-electron chi connectivity index (χ3n) is 3.27. The topological polar surface area (TPSA) is 112 Å². The summed E-state index contributed by atoms with van der Waals surface area (Å²) in [4.78, 5) is 0. The van der Waals surface area contributed by atoms with Crippen molar-refractivity contribution in [1.29, 1.82) is 0 Å². The molecular weight excluding hydrogens is 290 g/mol. The number of nitrogens with zero attached hydrogens (tertiary/aromatic N) is 2. The average Bonchev–Trinajstić information content (AvgIpc) is 2.57. The Labute approximate surface area is 112 Å². The number of hydrogen-bond donors (Lipinski definition) is 1. The summed E-state index contributed by atoms with van der Waals surface area (Å²) < 4.78 is 46.6. The summed E-state index contributed by atoms with van der Waals surface area (Å²) in [7, 11) is -6.50. The molecule has 1 aliphatic heterocycles. The van der Waals surface area contributed by atoms with Gasteiger partial charge in [-0.05, 0) is 19.8 Å². The summed E-state index contributed by atoms with van der Waals surface area (Å²) in [5.74, 6) is 0.0615. The first-order valence-electron chi connectivity index (χ1n) is 5.92. The molecule has 0 aromatic carbocycles. The first-order chi connectivity index (χ1) is 8.66. The zero-order valence-electron chi connectivity index (χ0n) is 10.6. The van der Waals surface area contributed by atoms with Gasteiger partial charge in [-0.1, -0.05) is 0 Å². The lowest BCUT2D eigenvalue weighted by molar-refractivity contribution is 0.412. The second-order valence-corrected chi connectivity index (χ2v) is 8.83. The summed E-state index contributed by atoms with van der Waals surface area (Å²) >= 11 is 0. The number of sulfone groups is 1. The molecule has 1 fully saturated rings. The summed E-state index contributed by atoms with van der Waals surface area (Å²) in [6, 6.07) is 0.0106. The van der Waals surface area contributed by atoms with Crippen molar-refractivity contribution in [2.24, 2.45) is 5.14 Å². The van der Waals surface area contributed by atoms with Gasteiger partial charge in [-0.2, -0.15) is 5.10 Å². The van der Waals surface area contributed by atoms with E-state index < -0.39 is 19.9 Å². The van der Waals surface area contributed by atoms with E-state index in [0.29, 0.717) is 24.1 Å². The van der Waals surface area contributed by atoms with Crippen molar-refractivity contribution in [1.82, 2.24) is 9.78 Å². The van der Waals surface area contributed by atoms with Gasteiger partial charge < -0.3 is 0 Å². The molecule has 0 spiro atoms. The van der Waals surface area contributed by atoms with E-state index in [0.717, 1.165) is 0 Å². The smallest absolute Gasteiger partial charge is 0.213 e. The van der Waals surface area contributed by atoms with Gasteiger partial charge >= 0.3 is 0 Å². The SMILES string of the molecule is Cc1nn(C2CCS(=O)(=O)CC2)cc1CS(N)(=O)=O. The van der Waals surface area contributed by atoms with E-state index in [1.54, 1.807) is 17.8 Å². The Kier molecular flexibility index (Phi) is 3.72. The van der Waals surface area contributed by atoms with Gasteiger partial charge in [0.1, 0.15) is 9.84 Å². The molecule has 0 amide bonds. The highest BCUT2D eigenvalue weighted by atomic mass is 32.2. The van der Waals surface area contributed by atoms with Crippen molar-refractivity contribution in [3.05, 3.63) is 17.5 Å². The summed E-state index contributed by atoms with van der Waals surface area (Å²) in [6.07, 6.45) is 2.68. The molecule has 7 nitrogen and oxygen atoms in total. The van der Waals surface area contributed by atoms with Gasteiger partial charge in [0, 0.05) is 11.8 Å². The van der Waals surface area contributed by atoms with E-state index in [4.69, 9.17) is 5.14 Å². The van der Waals surface area contributed by atoms with Crippen LogP contribution in [0.25, 0.3) is 0 Å². The highest BCUT2D eigenvalue weighted by Crippen LogP contribution is 2.24. The number of primary sulfonamides is 1. The van der Waals surface area contributed by atoms with Crippen LogP contribution in [0.4, 0.5) is 0 Å². The van der Waals surface area contributed by atoms with Gasteiger partial charge in [0.2, 0.25) is 10.0 Å². The van der Waals surface area contributed by atoms with Crippen LogP contribution in [-0.4, -0.2) is 38.1 Å². The van der Waals surface area contributed by atoms with Crippen LogP contribution in [0.3, 0.4) is 0 Å². The van der Waals surface area contributed by atoms with E-state index in [1.807, 2.05) is 0 Å². The van der Waals surface area contributed by atoms with Gasteiger partial charge in [0.15, 0.2) is 0 Å². The highest BCUT2D eigenvalue weighted by molar-refractivity contribution is 7.91. The molecule has 2 rings (SSSR count). The van der Waals surface area contributed by atoms with E-state index in [9.17, 15) is 16.8 Å². The molecule has 1 aliphatic rings. The lowest BCUT2D eigenvalue weighted by Crippen LogP contribution is -2.25. The minimum atomic E-state index is -3.58. The molecule has 1 aromatic heterocycles. The average molecular weight is 307 g/mol. The molecule has 0 radical (unpaired) electrons. The normalized spacial score (nSPS) is 20.5. The monoisotopic (exact) mass is 307 g/mol. The fraction of sp³-hybridized carbons (Fsp3) is 0.700. The lowest BCUT2D eigenvalue weighted by atomic mass is 10.2. The maximum Gasteiger partial charge on any atom is 0.213 e. The Morgan fingerprint density at radius 2 is 2.00 bits per heavy atom. The van der Waals surface area contributed by atoms with Gasteiger partial charge in [0.25, 0.3) is 0 Å². The largest absolute Gasteiger partial charge is 0.269 e. The van der Waals surface area contributed by atoms with Crippen molar-refractivity contribution in [2.75, 3.05) is 11.5 Å². The molecule has 0 saturated carbocycles.